The third-order valence-corrected chi connectivity index (χ3v) is 3.55. The van der Waals surface area contributed by atoms with E-state index in [4.69, 9.17) is 5.73 Å². The second-order valence-corrected chi connectivity index (χ2v) is 4.73. The van der Waals surface area contributed by atoms with Gasteiger partial charge in [0.05, 0.1) is 4.90 Å². The van der Waals surface area contributed by atoms with Gasteiger partial charge in [-0.3, -0.25) is 4.79 Å². The smallest absolute Gasteiger partial charge is 0.335 e. The zero-order valence-electron chi connectivity index (χ0n) is 8.45. The van der Waals surface area contributed by atoms with Crippen molar-refractivity contribution >= 4 is 22.0 Å². The number of nitrogens with two attached hydrogens (primary N) is 1. The van der Waals surface area contributed by atoms with E-state index in [1.807, 2.05) is 0 Å². The van der Waals surface area contributed by atoms with Crippen LogP contribution in [0.5, 0.6) is 0 Å². The van der Waals surface area contributed by atoms with Gasteiger partial charge in [-0.1, -0.05) is 18.2 Å². The normalized spacial score (nSPS) is 10.8. The Balaban J connectivity index is 3.31. The Kier molecular flexibility index (Phi) is 3.28. The molecule has 6 nitrogen and oxygen atoms in total. The molecule has 7 heteroatoms. The average Bonchev–Trinajstić information content (AvgIpc) is 2.17. The summed E-state index contributed by atoms with van der Waals surface area (Å²) in [5, 5.41) is 0. The molecule has 0 aliphatic rings. The van der Waals surface area contributed by atoms with Crippen molar-refractivity contribution in [1.29, 1.82) is 0 Å². The molecular formula is C9H10N2O4S. The van der Waals surface area contributed by atoms with Crippen LogP contribution in [-0.2, 0) is 14.8 Å². The van der Waals surface area contributed by atoms with E-state index < -0.39 is 22.0 Å². The molecule has 3 amide bonds. The zero-order chi connectivity index (χ0) is 12.3. The minimum Gasteiger partial charge on any atom is -0.350 e. The molecule has 0 bridgehead atoms. The van der Waals surface area contributed by atoms with Crippen molar-refractivity contribution in [1.82, 2.24) is 4.31 Å². The first-order chi connectivity index (χ1) is 7.37. The van der Waals surface area contributed by atoms with Crippen molar-refractivity contribution in [2.75, 3.05) is 0 Å². The zero-order valence-corrected chi connectivity index (χ0v) is 9.27. The van der Waals surface area contributed by atoms with Gasteiger partial charge < -0.3 is 5.73 Å². The van der Waals surface area contributed by atoms with Crippen LogP contribution in [0.15, 0.2) is 35.2 Å². The molecular weight excluding hydrogens is 232 g/mol. The van der Waals surface area contributed by atoms with Gasteiger partial charge in [-0.05, 0) is 12.1 Å². The minimum absolute atomic E-state index is 0.0301. The maximum atomic E-state index is 11.8. The molecule has 0 aliphatic carbocycles. The van der Waals surface area contributed by atoms with Crippen LogP contribution in [0.25, 0.3) is 0 Å². The Morgan fingerprint density at radius 3 is 2.06 bits per heavy atom. The molecule has 0 spiro atoms. The summed E-state index contributed by atoms with van der Waals surface area (Å²) >= 11 is 0. The Morgan fingerprint density at radius 1 is 1.19 bits per heavy atom. The molecule has 0 atom stereocenters. The van der Waals surface area contributed by atoms with E-state index in [0.29, 0.717) is 0 Å². The monoisotopic (exact) mass is 242 g/mol. The minimum atomic E-state index is -4.19. The summed E-state index contributed by atoms with van der Waals surface area (Å²) in [6.07, 6.45) is 0. The van der Waals surface area contributed by atoms with Crippen LogP contribution in [0.1, 0.15) is 6.92 Å². The first kappa shape index (κ1) is 12.2. The lowest BCUT2D eigenvalue weighted by molar-refractivity contribution is -0.122. The molecule has 1 aromatic rings. The number of hydrogen-bond donors (Lipinski definition) is 1. The van der Waals surface area contributed by atoms with Crippen LogP contribution in [0, 0.1) is 0 Å². The molecule has 0 heterocycles. The first-order valence-corrected chi connectivity index (χ1v) is 5.71. The fourth-order valence-corrected chi connectivity index (χ4v) is 2.43. The largest absolute Gasteiger partial charge is 0.350 e. The Morgan fingerprint density at radius 2 is 1.69 bits per heavy atom. The molecule has 0 saturated heterocycles. The number of carbonyl (C=O) groups excluding carboxylic acids is 2. The summed E-state index contributed by atoms with van der Waals surface area (Å²) in [6, 6.07) is 5.79. The lowest BCUT2D eigenvalue weighted by Crippen LogP contribution is -2.43. The third kappa shape index (κ3) is 2.19. The van der Waals surface area contributed by atoms with Crippen LogP contribution in [-0.4, -0.2) is 24.7 Å². The van der Waals surface area contributed by atoms with E-state index in [0.717, 1.165) is 6.92 Å². The number of rotatable bonds is 2. The Bertz CT molecular complexity index is 496. The van der Waals surface area contributed by atoms with Crippen LogP contribution in [0.2, 0.25) is 0 Å². The maximum Gasteiger partial charge on any atom is 0.335 e. The number of imide groups is 1. The molecule has 16 heavy (non-hydrogen) atoms. The molecule has 1 rings (SSSR count). The van der Waals surface area contributed by atoms with Crippen LogP contribution < -0.4 is 5.73 Å². The quantitative estimate of drug-likeness (QED) is 0.806. The predicted octanol–water partition coefficient (Wildman–Crippen LogP) is 0.302. The highest BCUT2D eigenvalue weighted by Crippen LogP contribution is 2.14. The number of carbonyl (C=O) groups is 2. The van der Waals surface area contributed by atoms with Gasteiger partial charge in [-0.25, -0.2) is 13.2 Å². The van der Waals surface area contributed by atoms with E-state index in [-0.39, 0.29) is 9.20 Å². The number of hydrogen-bond acceptors (Lipinski definition) is 4. The fraction of sp³-hybridized carbons (Fsp3) is 0.111. The summed E-state index contributed by atoms with van der Waals surface area (Å²) < 4.78 is 23.7. The van der Waals surface area contributed by atoms with Crippen molar-refractivity contribution in [3.63, 3.8) is 0 Å². The van der Waals surface area contributed by atoms with Gasteiger partial charge in [-0.2, -0.15) is 4.31 Å². The molecule has 0 radical (unpaired) electrons. The second-order valence-electron chi connectivity index (χ2n) is 2.94. The SMILES string of the molecule is CC(=O)N(C(N)=O)S(=O)(=O)c1ccccc1. The van der Waals surface area contributed by atoms with Crippen molar-refractivity contribution in [2.45, 2.75) is 11.8 Å². The van der Waals surface area contributed by atoms with Gasteiger partial charge in [-0.15, -0.1) is 0 Å². The fourth-order valence-electron chi connectivity index (χ4n) is 1.14. The van der Waals surface area contributed by atoms with Crippen LogP contribution in [0.3, 0.4) is 0 Å². The summed E-state index contributed by atoms with van der Waals surface area (Å²) in [6.45, 7) is 0.950. The highest BCUT2D eigenvalue weighted by atomic mass is 32.2. The predicted molar refractivity (Wildman–Crippen MR) is 55.7 cm³/mol. The number of primary amides is 1. The number of nitrogens with zero attached hydrogens (tertiary/aromatic N) is 1. The van der Waals surface area contributed by atoms with Crippen LogP contribution >= 0.6 is 0 Å². The highest BCUT2D eigenvalue weighted by molar-refractivity contribution is 7.90. The van der Waals surface area contributed by atoms with Crippen LogP contribution in [0.4, 0.5) is 4.79 Å². The van der Waals surface area contributed by atoms with Gasteiger partial charge in [0.25, 0.3) is 10.0 Å². The number of sulfonamides is 1. The topological polar surface area (TPSA) is 97.5 Å². The van der Waals surface area contributed by atoms with Gasteiger partial charge in [0, 0.05) is 6.92 Å². The molecule has 0 saturated carbocycles. The Hall–Kier alpha value is -1.89. The second kappa shape index (κ2) is 4.31. The van der Waals surface area contributed by atoms with E-state index >= 15 is 0 Å². The highest BCUT2D eigenvalue weighted by Gasteiger charge is 2.31. The molecule has 1 aromatic carbocycles. The van der Waals surface area contributed by atoms with Gasteiger partial charge in [0.2, 0.25) is 5.91 Å². The molecule has 0 aliphatic heterocycles. The summed E-state index contributed by atoms with van der Waals surface area (Å²) in [5.74, 6) is -0.948. The summed E-state index contributed by atoms with van der Waals surface area (Å²) in [5.41, 5.74) is 4.85. The maximum absolute atomic E-state index is 11.8. The molecule has 0 fully saturated rings. The van der Waals surface area contributed by atoms with E-state index in [9.17, 15) is 18.0 Å². The number of urea groups is 1. The van der Waals surface area contributed by atoms with Crippen molar-refractivity contribution < 1.29 is 18.0 Å². The van der Waals surface area contributed by atoms with E-state index in [1.165, 1.54) is 24.3 Å². The first-order valence-electron chi connectivity index (χ1n) is 4.27. The molecule has 86 valence electrons. The summed E-state index contributed by atoms with van der Waals surface area (Å²) in [7, 11) is -4.19. The van der Waals surface area contributed by atoms with Crippen molar-refractivity contribution in [2.24, 2.45) is 5.73 Å². The lowest BCUT2D eigenvalue weighted by atomic mass is 10.4. The van der Waals surface area contributed by atoms with Gasteiger partial charge >= 0.3 is 6.03 Å². The Labute approximate surface area is 92.7 Å². The number of benzene rings is 1. The third-order valence-electron chi connectivity index (χ3n) is 1.77. The lowest BCUT2D eigenvalue weighted by Gasteiger charge is -2.16. The standard InChI is InChI=1S/C9H10N2O4S/c1-7(12)11(9(10)13)16(14,15)8-5-3-2-4-6-8/h2-6H,1H3,(H2,10,13). The van der Waals surface area contributed by atoms with Crippen molar-refractivity contribution in [3.05, 3.63) is 30.3 Å². The average molecular weight is 242 g/mol. The molecule has 0 aromatic heterocycles. The molecule has 0 unspecified atom stereocenters. The molecule has 2 N–H and O–H groups in total. The van der Waals surface area contributed by atoms with Crippen molar-refractivity contribution in [3.8, 4) is 0 Å². The van der Waals surface area contributed by atoms with E-state index in [2.05, 4.69) is 0 Å². The van der Waals surface area contributed by atoms with Gasteiger partial charge in [0.15, 0.2) is 0 Å². The summed E-state index contributed by atoms with van der Waals surface area (Å²) in [4.78, 5) is 21.8. The van der Waals surface area contributed by atoms with Gasteiger partial charge in [0.1, 0.15) is 0 Å². The van der Waals surface area contributed by atoms with E-state index in [1.54, 1.807) is 6.07 Å². The number of amides is 3.